The van der Waals surface area contributed by atoms with Crippen molar-refractivity contribution in [2.24, 2.45) is 0 Å². The van der Waals surface area contributed by atoms with Gasteiger partial charge in [0.1, 0.15) is 16.1 Å². The number of benzene rings is 2. The largest absolute Gasteiger partial charge is 0.307 e. The zero-order chi connectivity index (χ0) is 24.7. The number of aromatic nitrogens is 4. The molecule has 34 heavy (non-hydrogen) atoms. The third-order valence-electron chi connectivity index (χ3n) is 8.06. The van der Waals surface area contributed by atoms with Crippen LogP contribution < -0.4 is 10.6 Å². The summed E-state index contributed by atoms with van der Waals surface area (Å²) in [5.74, 6) is 0. The second-order valence-electron chi connectivity index (χ2n) is 10.8. The number of allylic oxidation sites excluding steroid dienone is 1. The number of hydrogen-bond acceptors (Lipinski definition) is 2. The maximum absolute atomic E-state index is 4.36. The molecule has 0 unspecified atom stereocenters. The molecule has 0 saturated carbocycles. The van der Waals surface area contributed by atoms with Gasteiger partial charge in [0.05, 0.1) is 12.7 Å². The van der Waals surface area contributed by atoms with Gasteiger partial charge in [-0.2, -0.15) is 0 Å². The molecule has 0 fully saturated rings. The normalized spacial score (nSPS) is 15.5. The fourth-order valence-corrected chi connectivity index (χ4v) is 8.92. The van der Waals surface area contributed by atoms with Crippen LogP contribution in [0.1, 0.15) is 26.3 Å². The van der Waals surface area contributed by atoms with Crippen molar-refractivity contribution in [2.75, 3.05) is 0 Å². The fraction of sp³-hybridized carbons (Fsp3) is 0.286. The van der Waals surface area contributed by atoms with Crippen LogP contribution in [0.25, 0.3) is 11.4 Å². The molecular formula is C28H36N4Si2. The Balaban J connectivity index is 0.000000161. The van der Waals surface area contributed by atoms with Gasteiger partial charge in [-0.05, 0) is 35.7 Å². The second-order valence-corrected chi connectivity index (χ2v) is 20.4. The molecule has 2 aromatic carbocycles. The van der Waals surface area contributed by atoms with E-state index in [-0.39, 0.29) is 5.04 Å². The second kappa shape index (κ2) is 8.67. The van der Waals surface area contributed by atoms with E-state index in [1.54, 1.807) is 0 Å². The van der Waals surface area contributed by atoms with Gasteiger partial charge in [-0.1, -0.05) is 81.6 Å². The molecule has 0 radical (unpaired) electrons. The van der Waals surface area contributed by atoms with Gasteiger partial charge in [0.25, 0.3) is 0 Å². The van der Waals surface area contributed by atoms with Crippen molar-refractivity contribution in [2.45, 2.75) is 52.0 Å². The molecule has 2 aromatic heterocycles. The van der Waals surface area contributed by atoms with E-state index in [1.165, 1.54) is 32.8 Å². The lowest BCUT2D eigenvalue weighted by atomic mass is 9.99. The van der Waals surface area contributed by atoms with Crippen molar-refractivity contribution in [3.8, 4) is 11.4 Å². The minimum Gasteiger partial charge on any atom is -0.307 e. The monoisotopic (exact) mass is 484 g/mol. The Hall–Kier alpha value is -2.97. The van der Waals surface area contributed by atoms with Crippen LogP contribution in [-0.2, 0) is 5.04 Å². The molecular weight excluding hydrogens is 449 g/mol. The number of nitrogens with zero attached hydrogens (tertiary/aromatic N) is 4. The van der Waals surface area contributed by atoms with Gasteiger partial charge in [0.15, 0.2) is 0 Å². The Morgan fingerprint density at radius 1 is 0.882 bits per heavy atom. The van der Waals surface area contributed by atoms with Gasteiger partial charge < -0.3 is 9.13 Å². The summed E-state index contributed by atoms with van der Waals surface area (Å²) in [5.41, 5.74) is 3.93. The average Bonchev–Trinajstić information content (AvgIpc) is 3.50. The van der Waals surface area contributed by atoms with E-state index < -0.39 is 16.1 Å². The highest BCUT2D eigenvalue weighted by atomic mass is 28.3. The maximum Gasteiger partial charge on any atom is 0.130 e. The molecule has 0 aliphatic carbocycles. The first-order chi connectivity index (χ1) is 16.0. The zero-order valence-electron chi connectivity index (χ0n) is 21.5. The van der Waals surface area contributed by atoms with Gasteiger partial charge >= 0.3 is 0 Å². The molecule has 5 rings (SSSR count). The van der Waals surface area contributed by atoms with Crippen LogP contribution in [0.4, 0.5) is 0 Å². The Morgan fingerprint density at radius 2 is 1.47 bits per heavy atom. The van der Waals surface area contributed by atoms with E-state index in [2.05, 4.69) is 127 Å². The summed E-state index contributed by atoms with van der Waals surface area (Å²) in [5, 5.41) is 4.26. The number of fused-ring (bicyclic) bond motifs is 3. The Labute approximate surface area is 206 Å². The van der Waals surface area contributed by atoms with Gasteiger partial charge in [-0.15, -0.1) is 6.58 Å². The molecule has 0 saturated heterocycles. The van der Waals surface area contributed by atoms with Crippen LogP contribution in [0, 0.1) is 0 Å². The highest BCUT2D eigenvalue weighted by Crippen LogP contribution is 2.40. The zero-order valence-corrected chi connectivity index (χ0v) is 23.5. The van der Waals surface area contributed by atoms with E-state index >= 15 is 0 Å². The number of rotatable bonds is 3. The molecule has 3 heterocycles. The smallest absolute Gasteiger partial charge is 0.130 e. The minimum atomic E-state index is -1.63. The lowest BCUT2D eigenvalue weighted by Gasteiger charge is -2.45. The molecule has 4 nitrogen and oxygen atoms in total. The highest BCUT2D eigenvalue weighted by Gasteiger charge is 2.48. The first kappa shape index (κ1) is 24.2. The summed E-state index contributed by atoms with van der Waals surface area (Å²) in [4.78, 5) is 8.67. The predicted octanol–water partition coefficient (Wildman–Crippen LogP) is 5.52. The lowest BCUT2D eigenvalue weighted by molar-refractivity contribution is 0.702. The summed E-state index contributed by atoms with van der Waals surface area (Å²) in [6.45, 7) is 20.5. The van der Waals surface area contributed by atoms with Gasteiger partial charge in [0, 0.05) is 34.4 Å². The predicted molar refractivity (Wildman–Crippen MR) is 149 cm³/mol. The number of imidazole rings is 2. The van der Waals surface area contributed by atoms with Crippen LogP contribution in [-0.4, -0.2) is 35.2 Å². The third-order valence-corrected chi connectivity index (χ3v) is 16.9. The van der Waals surface area contributed by atoms with Crippen molar-refractivity contribution in [3.05, 3.63) is 97.0 Å². The fourth-order valence-electron chi connectivity index (χ4n) is 4.59. The van der Waals surface area contributed by atoms with Gasteiger partial charge in [-0.25, -0.2) is 9.97 Å². The van der Waals surface area contributed by atoms with Crippen LogP contribution in [0.15, 0.2) is 91.4 Å². The first-order valence-corrected chi connectivity index (χ1v) is 17.9. The molecule has 6 heteroatoms. The molecule has 0 amide bonds. The summed E-state index contributed by atoms with van der Waals surface area (Å²) >= 11 is 0. The summed E-state index contributed by atoms with van der Waals surface area (Å²) < 4.78 is 4.47. The Kier molecular flexibility index (Phi) is 6.16. The lowest BCUT2D eigenvalue weighted by Crippen LogP contribution is -2.62. The average molecular weight is 485 g/mol. The molecule has 0 atom stereocenters. The highest BCUT2D eigenvalue weighted by molar-refractivity contribution is 6.95. The van der Waals surface area contributed by atoms with E-state index in [4.69, 9.17) is 0 Å². The maximum atomic E-state index is 4.36. The number of hydrogen-bond donors (Lipinski definition) is 0. The van der Waals surface area contributed by atoms with Crippen molar-refractivity contribution in [3.63, 3.8) is 0 Å². The van der Waals surface area contributed by atoms with E-state index in [0.29, 0.717) is 0 Å². The third kappa shape index (κ3) is 3.85. The quantitative estimate of drug-likeness (QED) is 0.359. The van der Waals surface area contributed by atoms with Gasteiger partial charge in [-0.3, -0.25) is 0 Å². The van der Waals surface area contributed by atoms with Crippen molar-refractivity contribution in [1.82, 2.24) is 19.1 Å². The van der Waals surface area contributed by atoms with Crippen LogP contribution >= 0.6 is 0 Å². The van der Waals surface area contributed by atoms with Crippen LogP contribution in [0.2, 0.25) is 26.2 Å². The summed E-state index contributed by atoms with van der Waals surface area (Å²) in [6.07, 6.45) is 7.89. The van der Waals surface area contributed by atoms with Crippen LogP contribution in [0.3, 0.4) is 0 Å². The van der Waals surface area contributed by atoms with Gasteiger partial charge in [0.2, 0.25) is 0 Å². The standard InChI is InChI=1S/2C14H18N2Si/c1-14(2)11-7-5-6-8-12(11)16-10-15-9-13(16)17(14,3)4;1-12(2)17(3,4)14-10-15-11-16(14)13-8-6-5-7-9-13/h5-10H,1-4H3;5-11H,1H2,2-4H3. The Bertz CT molecular complexity index is 1310. The van der Waals surface area contributed by atoms with Crippen molar-refractivity contribution in [1.29, 1.82) is 0 Å². The first-order valence-electron chi connectivity index (χ1n) is 11.9. The molecule has 1 aliphatic heterocycles. The SMILES string of the molecule is C=C(C)[Si](C)(C)c1cncn1-c1ccccc1.CC1(C)c2ccccc2-n2cncc2[Si]1(C)C. The molecule has 1 aliphatic rings. The molecule has 0 spiro atoms. The molecule has 0 N–H and O–H groups in total. The van der Waals surface area contributed by atoms with Crippen LogP contribution in [0.5, 0.6) is 0 Å². The van der Waals surface area contributed by atoms with E-state index in [9.17, 15) is 0 Å². The molecule has 4 aromatic rings. The topological polar surface area (TPSA) is 35.6 Å². The summed E-state index contributed by atoms with van der Waals surface area (Å²) in [6, 6.07) is 19.1. The molecule has 176 valence electrons. The van der Waals surface area contributed by atoms with E-state index in [1.807, 2.05) is 24.9 Å². The van der Waals surface area contributed by atoms with Crippen molar-refractivity contribution < 1.29 is 0 Å². The van der Waals surface area contributed by atoms with E-state index in [0.717, 1.165) is 0 Å². The minimum absolute atomic E-state index is 0.250. The molecule has 0 bridgehead atoms. The Morgan fingerprint density at radius 3 is 2.15 bits per heavy atom. The number of para-hydroxylation sites is 2. The van der Waals surface area contributed by atoms with Crippen molar-refractivity contribution >= 4 is 26.8 Å². The summed E-state index contributed by atoms with van der Waals surface area (Å²) in [7, 11) is -3.16.